The van der Waals surface area contributed by atoms with Crippen LogP contribution in [0.1, 0.15) is 59.2 Å². The summed E-state index contributed by atoms with van der Waals surface area (Å²) in [5, 5.41) is 0. The largest absolute Gasteiger partial charge is 0.497 e. The fourth-order valence-electron chi connectivity index (χ4n) is 3.52. The van der Waals surface area contributed by atoms with Gasteiger partial charge in [-0.05, 0) is 50.5 Å². The summed E-state index contributed by atoms with van der Waals surface area (Å²) in [6.07, 6.45) is 4.35. The van der Waals surface area contributed by atoms with E-state index in [9.17, 15) is 4.79 Å². The Bertz CT molecular complexity index is 702. The molecule has 1 aliphatic heterocycles. The summed E-state index contributed by atoms with van der Waals surface area (Å²) in [6, 6.07) is 10.0. The second kappa shape index (κ2) is 7.12. The topological polar surface area (TPSA) is 42.7 Å². The maximum atomic E-state index is 13.1. The lowest BCUT2D eigenvalue weighted by Crippen LogP contribution is -2.35. The van der Waals surface area contributed by atoms with E-state index in [4.69, 9.17) is 9.15 Å². The van der Waals surface area contributed by atoms with E-state index in [-0.39, 0.29) is 11.9 Å². The molecule has 1 aliphatic rings. The van der Waals surface area contributed by atoms with Gasteiger partial charge < -0.3 is 14.1 Å². The average molecular weight is 327 g/mol. The average Bonchev–Trinajstić information content (AvgIpc) is 2.79. The number of aryl methyl sites for hydroxylation is 2. The zero-order chi connectivity index (χ0) is 17.1. The minimum absolute atomic E-state index is 0.0760. The molecule has 0 saturated carbocycles. The molecule has 1 atom stereocenters. The molecule has 1 unspecified atom stereocenters. The number of hydrogen-bond donors (Lipinski definition) is 0. The zero-order valence-electron chi connectivity index (χ0n) is 14.7. The Morgan fingerprint density at radius 1 is 1.17 bits per heavy atom. The summed E-state index contributed by atoms with van der Waals surface area (Å²) in [5.74, 6) is 2.40. The van der Waals surface area contributed by atoms with Gasteiger partial charge in [0.25, 0.3) is 5.91 Å². The Kier molecular flexibility index (Phi) is 4.93. The number of carbonyl (C=O) groups is 1. The van der Waals surface area contributed by atoms with Crippen LogP contribution in [0.15, 0.2) is 34.7 Å². The van der Waals surface area contributed by atoms with Gasteiger partial charge in [0.05, 0.1) is 18.7 Å². The Balaban J connectivity index is 1.92. The van der Waals surface area contributed by atoms with Crippen molar-refractivity contribution in [2.45, 2.75) is 45.6 Å². The molecule has 0 bridgehead atoms. The highest BCUT2D eigenvalue weighted by Gasteiger charge is 2.29. The second-order valence-corrected chi connectivity index (χ2v) is 6.46. The van der Waals surface area contributed by atoms with E-state index in [1.165, 1.54) is 12.0 Å². The molecule has 0 radical (unpaired) electrons. The molecule has 1 amide bonds. The number of nitrogens with zero attached hydrogens (tertiary/aromatic N) is 1. The first kappa shape index (κ1) is 16.6. The van der Waals surface area contributed by atoms with Crippen molar-refractivity contribution < 1.29 is 13.9 Å². The standard InChI is InChI=1S/C20H25NO3/c1-14-13-18(15(2)24-14)20(22)21-12-6-4-5-7-19(21)16-8-10-17(23-3)11-9-16/h8-11,13,19H,4-7,12H2,1-3H3. The number of furan rings is 1. The molecular weight excluding hydrogens is 302 g/mol. The van der Waals surface area contributed by atoms with E-state index < -0.39 is 0 Å². The van der Waals surface area contributed by atoms with Gasteiger partial charge in [0.2, 0.25) is 0 Å². The summed E-state index contributed by atoms with van der Waals surface area (Å²) in [7, 11) is 1.67. The molecule has 3 rings (SSSR count). The van der Waals surface area contributed by atoms with Gasteiger partial charge in [-0.1, -0.05) is 25.0 Å². The van der Waals surface area contributed by atoms with E-state index in [0.29, 0.717) is 11.3 Å². The number of benzene rings is 1. The summed E-state index contributed by atoms with van der Waals surface area (Å²) in [6.45, 7) is 4.53. The highest BCUT2D eigenvalue weighted by atomic mass is 16.5. The minimum atomic E-state index is 0.0760. The highest BCUT2D eigenvalue weighted by Crippen LogP contribution is 2.33. The van der Waals surface area contributed by atoms with Gasteiger partial charge in [-0.15, -0.1) is 0 Å². The Hall–Kier alpha value is -2.23. The van der Waals surface area contributed by atoms with Crippen molar-refractivity contribution in [3.05, 3.63) is 53.0 Å². The number of carbonyl (C=O) groups excluding carboxylic acids is 1. The normalized spacial score (nSPS) is 18.3. The van der Waals surface area contributed by atoms with Crippen molar-refractivity contribution in [1.29, 1.82) is 0 Å². The van der Waals surface area contributed by atoms with Crippen molar-refractivity contribution in [3.8, 4) is 5.75 Å². The van der Waals surface area contributed by atoms with Crippen LogP contribution in [0.5, 0.6) is 5.75 Å². The number of rotatable bonds is 3. The lowest BCUT2D eigenvalue weighted by atomic mass is 10.00. The maximum Gasteiger partial charge on any atom is 0.257 e. The predicted molar refractivity (Wildman–Crippen MR) is 93.4 cm³/mol. The molecule has 4 heteroatoms. The predicted octanol–water partition coefficient (Wildman–Crippen LogP) is 4.66. The van der Waals surface area contributed by atoms with Crippen molar-refractivity contribution in [2.24, 2.45) is 0 Å². The van der Waals surface area contributed by atoms with Crippen LogP contribution < -0.4 is 4.74 Å². The monoisotopic (exact) mass is 327 g/mol. The molecule has 24 heavy (non-hydrogen) atoms. The second-order valence-electron chi connectivity index (χ2n) is 6.46. The summed E-state index contributed by atoms with van der Waals surface area (Å²) in [4.78, 5) is 15.2. The number of amides is 1. The molecule has 2 aromatic rings. The summed E-state index contributed by atoms with van der Waals surface area (Å²) < 4.78 is 10.8. The number of ether oxygens (including phenoxy) is 1. The molecule has 2 heterocycles. The molecule has 1 saturated heterocycles. The number of methoxy groups -OCH3 is 1. The summed E-state index contributed by atoms with van der Waals surface area (Å²) >= 11 is 0. The van der Waals surface area contributed by atoms with Gasteiger partial charge in [0.1, 0.15) is 17.3 Å². The number of hydrogen-bond acceptors (Lipinski definition) is 3. The van der Waals surface area contributed by atoms with Crippen LogP contribution in [-0.2, 0) is 0 Å². The van der Waals surface area contributed by atoms with Crippen LogP contribution in [0, 0.1) is 13.8 Å². The van der Waals surface area contributed by atoms with Crippen LogP contribution in [0.25, 0.3) is 0 Å². The zero-order valence-corrected chi connectivity index (χ0v) is 14.7. The van der Waals surface area contributed by atoms with Gasteiger partial charge in [0.15, 0.2) is 0 Å². The van der Waals surface area contributed by atoms with Crippen molar-refractivity contribution in [3.63, 3.8) is 0 Å². The first-order valence-corrected chi connectivity index (χ1v) is 8.62. The summed E-state index contributed by atoms with van der Waals surface area (Å²) in [5.41, 5.74) is 1.86. The fourth-order valence-corrected chi connectivity index (χ4v) is 3.52. The third-order valence-corrected chi connectivity index (χ3v) is 4.79. The van der Waals surface area contributed by atoms with Crippen LogP contribution in [0.3, 0.4) is 0 Å². The lowest BCUT2D eigenvalue weighted by Gasteiger charge is -2.30. The molecule has 1 aromatic carbocycles. The Morgan fingerprint density at radius 2 is 1.92 bits per heavy atom. The maximum absolute atomic E-state index is 13.1. The van der Waals surface area contributed by atoms with Gasteiger partial charge in [-0.3, -0.25) is 4.79 Å². The first-order valence-electron chi connectivity index (χ1n) is 8.62. The van der Waals surface area contributed by atoms with Gasteiger partial charge in [-0.2, -0.15) is 0 Å². The molecular formula is C20H25NO3. The van der Waals surface area contributed by atoms with E-state index in [2.05, 4.69) is 12.1 Å². The van der Waals surface area contributed by atoms with Crippen molar-refractivity contribution in [1.82, 2.24) is 4.90 Å². The minimum Gasteiger partial charge on any atom is -0.497 e. The quantitative estimate of drug-likeness (QED) is 0.823. The fraction of sp³-hybridized carbons (Fsp3) is 0.450. The molecule has 128 valence electrons. The third kappa shape index (κ3) is 3.32. The van der Waals surface area contributed by atoms with Crippen LogP contribution in [-0.4, -0.2) is 24.5 Å². The molecule has 0 N–H and O–H groups in total. The van der Waals surface area contributed by atoms with Crippen molar-refractivity contribution >= 4 is 5.91 Å². The van der Waals surface area contributed by atoms with Gasteiger partial charge in [0, 0.05) is 6.54 Å². The van der Waals surface area contributed by atoms with E-state index in [1.807, 2.05) is 36.9 Å². The van der Waals surface area contributed by atoms with Crippen LogP contribution >= 0.6 is 0 Å². The SMILES string of the molecule is COc1ccc(C2CCCCCN2C(=O)c2cc(C)oc2C)cc1. The molecule has 0 spiro atoms. The first-order chi connectivity index (χ1) is 11.6. The number of likely N-dealkylation sites (tertiary alicyclic amines) is 1. The van der Waals surface area contributed by atoms with E-state index in [0.717, 1.165) is 37.3 Å². The van der Waals surface area contributed by atoms with E-state index in [1.54, 1.807) is 7.11 Å². The Labute approximate surface area is 143 Å². The van der Waals surface area contributed by atoms with Gasteiger partial charge >= 0.3 is 0 Å². The lowest BCUT2D eigenvalue weighted by molar-refractivity contribution is 0.0679. The Morgan fingerprint density at radius 3 is 2.54 bits per heavy atom. The molecule has 4 nitrogen and oxygen atoms in total. The van der Waals surface area contributed by atoms with Crippen molar-refractivity contribution in [2.75, 3.05) is 13.7 Å². The van der Waals surface area contributed by atoms with E-state index >= 15 is 0 Å². The molecule has 1 aromatic heterocycles. The molecule has 0 aliphatic carbocycles. The van der Waals surface area contributed by atoms with Crippen LogP contribution in [0.2, 0.25) is 0 Å². The highest BCUT2D eigenvalue weighted by molar-refractivity contribution is 5.95. The smallest absolute Gasteiger partial charge is 0.257 e. The molecule has 1 fully saturated rings. The van der Waals surface area contributed by atoms with Gasteiger partial charge in [-0.25, -0.2) is 0 Å². The van der Waals surface area contributed by atoms with Crippen LogP contribution in [0.4, 0.5) is 0 Å². The third-order valence-electron chi connectivity index (χ3n) is 4.79.